The van der Waals surface area contributed by atoms with Crippen LogP contribution in [0.25, 0.3) is 6.08 Å². The highest BCUT2D eigenvalue weighted by atomic mass is 32.2. The molecule has 4 rings (SSSR count). The van der Waals surface area contributed by atoms with Gasteiger partial charge in [-0.25, -0.2) is 0 Å². The van der Waals surface area contributed by atoms with Crippen molar-refractivity contribution in [3.8, 4) is 11.5 Å². The van der Waals surface area contributed by atoms with Crippen LogP contribution in [0, 0.1) is 13.8 Å². The number of nitrogens with zero attached hydrogens (tertiary/aromatic N) is 2. The van der Waals surface area contributed by atoms with Crippen LogP contribution in [0.15, 0.2) is 65.6 Å². The molecule has 1 saturated heterocycles. The van der Waals surface area contributed by atoms with Crippen molar-refractivity contribution in [3.63, 3.8) is 0 Å². The fourth-order valence-electron chi connectivity index (χ4n) is 3.92. The Morgan fingerprint density at radius 1 is 1.05 bits per heavy atom. The highest BCUT2D eigenvalue weighted by Crippen LogP contribution is 2.37. The van der Waals surface area contributed by atoms with Crippen LogP contribution in [0.3, 0.4) is 0 Å². The van der Waals surface area contributed by atoms with Crippen molar-refractivity contribution in [2.75, 3.05) is 42.9 Å². The molecular formula is C29H29N3O4S2. The number of ether oxygens (including phenoxy) is 2. The molecule has 3 aromatic carbocycles. The molecule has 3 aromatic rings. The number of benzene rings is 3. The fourth-order valence-corrected chi connectivity index (χ4v) is 5.22. The minimum Gasteiger partial charge on any atom is -0.493 e. The van der Waals surface area contributed by atoms with Gasteiger partial charge in [0, 0.05) is 25.5 Å². The maximum Gasteiger partial charge on any atom is 0.270 e. The monoisotopic (exact) mass is 547 g/mol. The predicted octanol–water partition coefficient (Wildman–Crippen LogP) is 5.80. The Morgan fingerprint density at radius 3 is 2.45 bits per heavy atom. The lowest BCUT2D eigenvalue weighted by atomic mass is 10.1. The minimum atomic E-state index is -0.273. The molecule has 9 heteroatoms. The average molecular weight is 548 g/mol. The summed E-state index contributed by atoms with van der Waals surface area (Å²) in [5.41, 5.74) is 5.36. The van der Waals surface area contributed by atoms with Gasteiger partial charge in [-0.15, -0.1) is 0 Å². The first-order valence-corrected chi connectivity index (χ1v) is 13.1. The summed E-state index contributed by atoms with van der Waals surface area (Å²) < 4.78 is 11.7. The van der Waals surface area contributed by atoms with Gasteiger partial charge in [0.15, 0.2) is 22.4 Å². The zero-order valence-electron chi connectivity index (χ0n) is 21.9. The van der Waals surface area contributed by atoms with Gasteiger partial charge in [-0.2, -0.15) is 0 Å². The zero-order valence-corrected chi connectivity index (χ0v) is 23.5. The van der Waals surface area contributed by atoms with Crippen molar-refractivity contribution in [1.82, 2.24) is 0 Å². The number of carbonyl (C=O) groups is 2. The van der Waals surface area contributed by atoms with E-state index < -0.39 is 0 Å². The Kier molecular flexibility index (Phi) is 8.38. The van der Waals surface area contributed by atoms with E-state index >= 15 is 0 Å². The quantitative estimate of drug-likeness (QED) is 0.282. The highest BCUT2D eigenvalue weighted by molar-refractivity contribution is 8.27. The highest BCUT2D eigenvalue weighted by Gasteiger charge is 2.33. The van der Waals surface area contributed by atoms with Crippen molar-refractivity contribution in [2.45, 2.75) is 13.8 Å². The molecule has 0 radical (unpaired) electrons. The van der Waals surface area contributed by atoms with E-state index in [2.05, 4.69) is 5.32 Å². The number of nitrogens with one attached hydrogen (secondary N) is 1. The summed E-state index contributed by atoms with van der Waals surface area (Å²) in [7, 11) is 5.45. The third kappa shape index (κ3) is 6.17. The molecule has 38 heavy (non-hydrogen) atoms. The molecule has 196 valence electrons. The van der Waals surface area contributed by atoms with Gasteiger partial charge in [-0.1, -0.05) is 47.7 Å². The van der Waals surface area contributed by atoms with Crippen LogP contribution in [0.1, 0.15) is 16.7 Å². The molecule has 1 aliphatic heterocycles. The standard InChI is InChI=1S/C29H29N3O4S2/c1-18-6-12-23(19(2)14-18)30-27(33)17-36-24-13-7-20(15-25(24)35-5)16-26-28(34)32(29(37)38-26)22-10-8-21(9-11-22)31(3)4/h6-16H,17H2,1-5H3,(H,30,33)/b26-16-. The van der Waals surface area contributed by atoms with Crippen molar-refractivity contribution >= 4 is 63.3 Å². The first-order valence-electron chi connectivity index (χ1n) is 11.9. The van der Waals surface area contributed by atoms with Crippen LogP contribution in [0.2, 0.25) is 0 Å². The lowest BCUT2D eigenvalue weighted by molar-refractivity contribution is -0.118. The van der Waals surface area contributed by atoms with Gasteiger partial charge < -0.3 is 19.7 Å². The van der Waals surface area contributed by atoms with Crippen LogP contribution >= 0.6 is 24.0 Å². The summed E-state index contributed by atoms with van der Waals surface area (Å²) >= 11 is 6.75. The summed E-state index contributed by atoms with van der Waals surface area (Å²) in [6.45, 7) is 3.78. The molecule has 0 saturated carbocycles. The molecule has 1 N–H and O–H groups in total. The Bertz CT molecular complexity index is 1420. The van der Waals surface area contributed by atoms with Gasteiger partial charge in [0.05, 0.1) is 17.7 Å². The third-order valence-electron chi connectivity index (χ3n) is 5.92. The van der Waals surface area contributed by atoms with E-state index in [1.165, 1.54) is 23.8 Å². The number of hydrogen-bond acceptors (Lipinski definition) is 7. The van der Waals surface area contributed by atoms with Crippen LogP contribution in [0.5, 0.6) is 11.5 Å². The molecule has 2 amide bonds. The minimum absolute atomic E-state index is 0.172. The number of carbonyl (C=O) groups excluding carboxylic acids is 2. The van der Waals surface area contributed by atoms with E-state index in [0.717, 1.165) is 33.8 Å². The molecular weight excluding hydrogens is 518 g/mol. The van der Waals surface area contributed by atoms with E-state index in [1.54, 1.807) is 24.3 Å². The van der Waals surface area contributed by atoms with Crippen LogP contribution in [-0.4, -0.2) is 43.9 Å². The first-order chi connectivity index (χ1) is 18.2. The average Bonchev–Trinajstić information content (AvgIpc) is 3.17. The molecule has 0 aliphatic carbocycles. The summed E-state index contributed by atoms with van der Waals surface area (Å²) in [6.07, 6.45) is 1.77. The number of hydrogen-bond donors (Lipinski definition) is 1. The first kappa shape index (κ1) is 27.2. The van der Waals surface area contributed by atoms with Gasteiger partial charge in [-0.3, -0.25) is 14.5 Å². The lowest BCUT2D eigenvalue weighted by Gasteiger charge is -2.17. The maximum atomic E-state index is 13.2. The zero-order chi connectivity index (χ0) is 27.4. The molecule has 1 aliphatic rings. The van der Waals surface area contributed by atoms with Gasteiger partial charge in [-0.05, 0) is 73.5 Å². The SMILES string of the molecule is COc1cc(/C=C2\SC(=S)N(c3ccc(N(C)C)cc3)C2=O)ccc1OCC(=O)Nc1ccc(C)cc1C. The molecule has 0 atom stereocenters. The second-order valence-electron chi connectivity index (χ2n) is 8.99. The largest absolute Gasteiger partial charge is 0.493 e. The van der Waals surface area contributed by atoms with Crippen molar-refractivity contribution in [3.05, 3.63) is 82.3 Å². The van der Waals surface area contributed by atoms with E-state index in [0.29, 0.717) is 20.7 Å². The third-order valence-corrected chi connectivity index (χ3v) is 7.22. The number of aryl methyl sites for hydroxylation is 2. The molecule has 0 bridgehead atoms. The van der Waals surface area contributed by atoms with Crippen molar-refractivity contribution in [1.29, 1.82) is 0 Å². The summed E-state index contributed by atoms with van der Waals surface area (Å²) in [6, 6.07) is 18.8. The molecule has 0 unspecified atom stereocenters. The maximum absolute atomic E-state index is 13.2. The van der Waals surface area contributed by atoms with E-state index in [-0.39, 0.29) is 18.4 Å². The Labute approximate surface area is 232 Å². The number of rotatable bonds is 8. The van der Waals surface area contributed by atoms with Crippen LogP contribution in [-0.2, 0) is 9.59 Å². The van der Waals surface area contributed by atoms with E-state index in [1.807, 2.05) is 75.3 Å². The number of thiocarbonyl (C=S) groups is 1. The van der Waals surface area contributed by atoms with Crippen molar-refractivity contribution < 1.29 is 19.1 Å². The van der Waals surface area contributed by atoms with Gasteiger partial charge >= 0.3 is 0 Å². The topological polar surface area (TPSA) is 71.1 Å². The lowest BCUT2D eigenvalue weighted by Crippen LogP contribution is -2.27. The van der Waals surface area contributed by atoms with Crippen molar-refractivity contribution in [2.24, 2.45) is 0 Å². The Balaban J connectivity index is 1.44. The molecule has 1 fully saturated rings. The number of anilines is 3. The van der Waals surface area contributed by atoms with Crippen LogP contribution < -0.4 is 24.6 Å². The summed E-state index contributed by atoms with van der Waals surface area (Å²) in [4.78, 5) is 29.6. The number of amides is 2. The molecule has 1 heterocycles. The summed E-state index contributed by atoms with van der Waals surface area (Å²) in [5, 5.41) is 2.87. The smallest absolute Gasteiger partial charge is 0.270 e. The van der Waals surface area contributed by atoms with Crippen LogP contribution in [0.4, 0.5) is 17.1 Å². The number of thioether (sulfide) groups is 1. The van der Waals surface area contributed by atoms with Gasteiger partial charge in [0.25, 0.3) is 11.8 Å². The molecule has 0 spiro atoms. The predicted molar refractivity (Wildman–Crippen MR) is 159 cm³/mol. The Hall–Kier alpha value is -3.82. The Morgan fingerprint density at radius 2 is 1.79 bits per heavy atom. The van der Waals surface area contributed by atoms with E-state index in [4.69, 9.17) is 21.7 Å². The molecule has 0 aromatic heterocycles. The second kappa shape index (κ2) is 11.7. The second-order valence-corrected chi connectivity index (χ2v) is 10.7. The van der Waals surface area contributed by atoms with E-state index in [9.17, 15) is 9.59 Å². The summed E-state index contributed by atoms with van der Waals surface area (Å²) in [5.74, 6) is 0.423. The fraction of sp³-hybridized carbons (Fsp3) is 0.207. The molecule has 7 nitrogen and oxygen atoms in total. The van der Waals surface area contributed by atoms with Gasteiger partial charge in [0.2, 0.25) is 0 Å². The van der Waals surface area contributed by atoms with Gasteiger partial charge in [0.1, 0.15) is 0 Å². The normalized spacial score (nSPS) is 14.1. The number of methoxy groups -OCH3 is 1.